The molecule has 2 rings (SSSR count). The van der Waals surface area contributed by atoms with Gasteiger partial charge in [0.05, 0.1) is 7.11 Å². The summed E-state index contributed by atoms with van der Waals surface area (Å²) in [5.41, 5.74) is 0.947. The highest BCUT2D eigenvalue weighted by atomic mass is 16.5. The highest BCUT2D eigenvalue weighted by Crippen LogP contribution is 2.18. The van der Waals surface area contributed by atoms with Crippen LogP contribution in [0.3, 0.4) is 0 Å². The fourth-order valence-electron chi connectivity index (χ4n) is 4.74. The molecular formula is C28H44N2O4. The lowest BCUT2D eigenvalue weighted by Crippen LogP contribution is -2.43. The number of nitrogens with one attached hydrogen (secondary N) is 2. The fraction of sp³-hybridized carbons (Fsp3) is 0.679. The van der Waals surface area contributed by atoms with E-state index in [2.05, 4.69) is 10.6 Å². The molecule has 1 aliphatic carbocycles. The van der Waals surface area contributed by atoms with E-state index in [-0.39, 0.29) is 30.2 Å². The number of methoxy groups -OCH3 is 1. The van der Waals surface area contributed by atoms with Gasteiger partial charge in [0.2, 0.25) is 11.8 Å². The summed E-state index contributed by atoms with van der Waals surface area (Å²) >= 11 is 0. The smallest absolute Gasteiger partial charge is 0.328 e. The summed E-state index contributed by atoms with van der Waals surface area (Å²) in [6, 6.07) is 9.03. The van der Waals surface area contributed by atoms with Crippen molar-refractivity contribution in [3.05, 3.63) is 35.9 Å². The largest absolute Gasteiger partial charge is 0.467 e. The molecule has 1 saturated carbocycles. The van der Waals surface area contributed by atoms with Crippen LogP contribution >= 0.6 is 0 Å². The van der Waals surface area contributed by atoms with Crippen LogP contribution in [0, 0.1) is 5.92 Å². The van der Waals surface area contributed by atoms with Crippen LogP contribution in [0.1, 0.15) is 96.0 Å². The molecule has 2 atom stereocenters. The lowest BCUT2D eigenvalue weighted by molar-refractivity contribution is -0.145. The standard InChI is InChI=1S/C28H44N2O4/c1-22(19-26(31)29-24-17-13-8-6-4-3-5-7-9-14-18-24)20-27(32)30-25(28(33)34-2)21-23-15-11-10-12-16-23/h10-12,15-16,22,24-25H,3-9,13-14,17-21H2,1-2H3,(H,29,31)(H,30,32)/t22-,25+/m0/s1. The molecular weight excluding hydrogens is 428 g/mol. The van der Waals surface area contributed by atoms with Crippen molar-refractivity contribution in [1.29, 1.82) is 0 Å². The fourth-order valence-corrected chi connectivity index (χ4v) is 4.74. The van der Waals surface area contributed by atoms with Crippen molar-refractivity contribution in [2.75, 3.05) is 7.11 Å². The second-order valence-electron chi connectivity index (χ2n) is 9.87. The minimum absolute atomic E-state index is 0.0196. The maximum absolute atomic E-state index is 12.7. The van der Waals surface area contributed by atoms with Gasteiger partial charge in [0.1, 0.15) is 6.04 Å². The first-order chi connectivity index (χ1) is 16.5. The van der Waals surface area contributed by atoms with Crippen molar-refractivity contribution in [2.24, 2.45) is 5.92 Å². The number of esters is 1. The Labute approximate surface area is 205 Å². The zero-order valence-corrected chi connectivity index (χ0v) is 21.2. The summed E-state index contributed by atoms with van der Waals surface area (Å²) in [5, 5.41) is 6.03. The van der Waals surface area contributed by atoms with Gasteiger partial charge < -0.3 is 15.4 Å². The first-order valence-electron chi connectivity index (χ1n) is 13.2. The van der Waals surface area contributed by atoms with Crippen LogP contribution < -0.4 is 10.6 Å². The molecule has 2 amide bonds. The van der Waals surface area contributed by atoms with Crippen LogP contribution in [-0.4, -0.2) is 37.0 Å². The Hall–Kier alpha value is -2.37. The molecule has 0 radical (unpaired) electrons. The molecule has 0 saturated heterocycles. The lowest BCUT2D eigenvalue weighted by atomic mass is 9.97. The van der Waals surface area contributed by atoms with Crippen LogP contribution in [0.2, 0.25) is 0 Å². The van der Waals surface area contributed by atoms with E-state index in [1.54, 1.807) is 0 Å². The van der Waals surface area contributed by atoms with Crippen molar-refractivity contribution >= 4 is 17.8 Å². The molecule has 1 fully saturated rings. The van der Waals surface area contributed by atoms with E-state index in [0.717, 1.165) is 18.4 Å². The molecule has 0 unspecified atom stereocenters. The molecule has 0 heterocycles. The molecule has 0 bridgehead atoms. The van der Waals surface area contributed by atoms with E-state index < -0.39 is 12.0 Å². The molecule has 34 heavy (non-hydrogen) atoms. The second-order valence-corrected chi connectivity index (χ2v) is 9.87. The van der Waals surface area contributed by atoms with Crippen LogP contribution in [-0.2, 0) is 25.5 Å². The Bertz CT molecular complexity index is 725. The number of carbonyl (C=O) groups excluding carboxylic acids is 3. The molecule has 190 valence electrons. The molecule has 1 aliphatic rings. The molecule has 0 aromatic heterocycles. The summed E-state index contributed by atoms with van der Waals surface area (Å²) in [6.45, 7) is 1.91. The zero-order valence-electron chi connectivity index (χ0n) is 21.2. The highest BCUT2D eigenvalue weighted by Gasteiger charge is 2.23. The normalized spacial score (nSPS) is 17.9. The number of carbonyl (C=O) groups is 3. The van der Waals surface area contributed by atoms with Crippen LogP contribution in [0.4, 0.5) is 0 Å². The first-order valence-corrected chi connectivity index (χ1v) is 13.2. The third-order valence-electron chi connectivity index (χ3n) is 6.64. The minimum atomic E-state index is -0.739. The van der Waals surface area contributed by atoms with Gasteiger partial charge in [0, 0.05) is 25.3 Å². The van der Waals surface area contributed by atoms with Crippen LogP contribution in [0.5, 0.6) is 0 Å². The van der Waals surface area contributed by atoms with Crippen molar-refractivity contribution in [1.82, 2.24) is 10.6 Å². The van der Waals surface area contributed by atoms with E-state index in [4.69, 9.17) is 4.74 Å². The highest BCUT2D eigenvalue weighted by molar-refractivity contribution is 5.85. The van der Waals surface area contributed by atoms with Gasteiger partial charge in [-0.05, 0) is 24.3 Å². The maximum atomic E-state index is 12.7. The van der Waals surface area contributed by atoms with E-state index in [9.17, 15) is 14.4 Å². The molecule has 1 aromatic rings. The summed E-state index contributed by atoms with van der Waals surface area (Å²) in [5.74, 6) is -0.796. The predicted octanol–water partition coefficient (Wildman–Crippen LogP) is 5.09. The summed E-state index contributed by atoms with van der Waals surface area (Å²) in [7, 11) is 1.32. The van der Waals surface area contributed by atoms with E-state index in [1.807, 2.05) is 37.3 Å². The number of hydrogen-bond acceptors (Lipinski definition) is 4. The zero-order chi connectivity index (χ0) is 24.6. The van der Waals surface area contributed by atoms with Crippen molar-refractivity contribution in [2.45, 2.75) is 109 Å². The van der Waals surface area contributed by atoms with E-state index in [0.29, 0.717) is 12.8 Å². The number of benzene rings is 1. The lowest BCUT2D eigenvalue weighted by Gasteiger charge is -2.21. The van der Waals surface area contributed by atoms with Gasteiger partial charge in [0.25, 0.3) is 0 Å². The average molecular weight is 473 g/mol. The van der Waals surface area contributed by atoms with Crippen LogP contribution in [0.15, 0.2) is 30.3 Å². The molecule has 6 nitrogen and oxygen atoms in total. The SMILES string of the molecule is COC(=O)[C@@H](Cc1ccccc1)NC(=O)C[C@@H](C)CC(=O)NC1CCCCCCCCCCC1. The molecule has 1 aromatic carbocycles. The summed E-state index contributed by atoms with van der Waals surface area (Å²) in [4.78, 5) is 37.5. The van der Waals surface area contributed by atoms with E-state index in [1.165, 1.54) is 64.9 Å². The van der Waals surface area contributed by atoms with Gasteiger partial charge in [-0.15, -0.1) is 0 Å². The Balaban J connectivity index is 1.79. The molecule has 0 aliphatic heterocycles. The third-order valence-corrected chi connectivity index (χ3v) is 6.64. The van der Waals surface area contributed by atoms with Crippen molar-refractivity contribution in [3.63, 3.8) is 0 Å². The quantitative estimate of drug-likeness (QED) is 0.490. The molecule has 6 heteroatoms. The van der Waals surface area contributed by atoms with Gasteiger partial charge in [-0.25, -0.2) is 4.79 Å². The summed E-state index contributed by atoms with van der Waals surface area (Å²) in [6.07, 6.45) is 14.4. The summed E-state index contributed by atoms with van der Waals surface area (Å²) < 4.78 is 4.87. The number of ether oxygens (including phenoxy) is 1. The van der Waals surface area contributed by atoms with Gasteiger partial charge in [-0.2, -0.15) is 0 Å². The molecule has 2 N–H and O–H groups in total. The average Bonchev–Trinajstić information content (AvgIpc) is 2.80. The Morgan fingerprint density at radius 3 is 1.94 bits per heavy atom. The monoisotopic (exact) mass is 472 g/mol. The predicted molar refractivity (Wildman–Crippen MR) is 135 cm³/mol. The van der Waals surface area contributed by atoms with Gasteiger partial charge >= 0.3 is 5.97 Å². The van der Waals surface area contributed by atoms with Crippen LogP contribution in [0.25, 0.3) is 0 Å². The minimum Gasteiger partial charge on any atom is -0.467 e. The van der Waals surface area contributed by atoms with E-state index >= 15 is 0 Å². The van der Waals surface area contributed by atoms with Gasteiger partial charge in [0.15, 0.2) is 0 Å². The Kier molecular flexibility index (Phi) is 13.4. The van der Waals surface area contributed by atoms with Crippen molar-refractivity contribution in [3.8, 4) is 0 Å². The van der Waals surface area contributed by atoms with Gasteiger partial charge in [-0.1, -0.05) is 95.0 Å². The first kappa shape index (κ1) is 27.9. The molecule has 0 spiro atoms. The number of amides is 2. The second kappa shape index (κ2) is 16.3. The topological polar surface area (TPSA) is 84.5 Å². The third kappa shape index (κ3) is 11.7. The van der Waals surface area contributed by atoms with Crippen molar-refractivity contribution < 1.29 is 19.1 Å². The number of rotatable bonds is 9. The Morgan fingerprint density at radius 2 is 1.38 bits per heavy atom. The Morgan fingerprint density at radius 1 is 0.853 bits per heavy atom. The number of hydrogen-bond donors (Lipinski definition) is 2. The maximum Gasteiger partial charge on any atom is 0.328 e. The van der Waals surface area contributed by atoms with Gasteiger partial charge in [-0.3, -0.25) is 9.59 Å².